The van der Waals surface area contributed by atoms with Gasteiger partial charge in [0.2, 0.25) is 0 Å². The summed E-state index contributed by atoms with van der Waals surface area (Å²) >= 11 is 10.9. The Labute approximate surface area is 191 Å². The minimum absolute atomic E-state index is 0.00294. The van der Waals surface area contributed by atoms with E-state index in [1.165, 1.54) is 18.2 Å². The highest BCUT2D eigenvalue weighted by Crippen LogP contribution is 2.32. The van der Waals surface area contributed by atoms with E-state index >= 15 is 0 Å². The number of amides is 1. The van der Waals surface area contributed by atoms with Gasteiger partial charge in [0, 0.05) is 39.7 Å². The maximum absolute atomic E-state index is 12.3. The zero-order valence-electron chi connectivity index (χ0n) is 16.0. The van der Waals surface area contributed by atoms with Crippen LogP contribution in [-0.2, 0) is 5.75 Å². The summed E-state index contributed by atoms with van der Waals surface area (Å²) in [4.78, 5) is 22.6. The van der Waals surface area contributed by atoms with Crippen molar-refractivity contribution >= 4 is 61.7 Å². The molecule has 0 saturated carbocycles. The summed E-state index contributed by atoms with van der Waals surface area (Å²) in [7, 11) is 1.65. The van der Waals surface area contributed by atoms with Gasteiger partial charge in [-0.25, -0.2) is 0 Å². The van der Waals surface area contributed by atoms with Gasteiger partial charge < -0.3 is 10.1 Å². The van der Waals surface area contributed by atoms with Crippen molar-refractivity contribution in [1.82, 2.24) is 5.32 Å². The van der Waals surface area contributed by atoms with Gasteiger partial charge in [0.1, 0.15) is 10.8 Å². The quantitative estimate of drug-likeness (QED) is 0.234. The molecule has 0 fully saturated rings. The Morgan fingerprint density at radius 1 is 1.23 bits per heavy atom. The van der Waals surface area contributed by atoms with E-state index in [1.807, 2.05) is 18.2 Å². The fraction of sp³-hybridized carbons (Fsp3) is 0.190. The summed E-state index contributed by atoms with van der Waals surface area (Å²) in [5.74, 6) is 1.86. The SMILES string of the molecule is COc1ccc2cc(Br)ccc2c1CSCCNC(=O)c1ccc(Cl)c([N+](=O)[O-])c1. The molecule has 0 aromatic heterocycles. The van der Waals surface area contributed by atoms with E-state index in [4.69, 9.17) is 16.3 Å². The lowest BCUT2D eigenvalue weighted by Crippen LogP contribution is -2.25. The molecule has 0 aliphatic carbocycles. The van der Waals surface area contributed by atoms with Crippen LogP contribution in [0.4, 0.5) is 5.69 Å². The van der Waals surface area contributed by atoms with Crippen LogP contribution >= 0.6 is 39.3 Å². The maximum atomic E-state index is 12.3. The van der Waals surface area contributed by atoms with Crippen LogP contribution in [0.15, 0.2) is 53.0 Å². The van der Waals surface area contributed by atoms with Crippen molar-refractivity contribution in [3.63, 3.8) is 0 Å². The molecule has 0 unspecified atom stereocenters. The zero-order valence-corrected chi connectivity index (χ0v) is 19.1. The second kappa shape index (κ2) is 10.1. The van der Waals surface area contributed by atoms with Crippen molar-refractivity contribution < 1.29 is 14.5 Å². The molecule has 0 atom stereocenters. The fourth-order valence-corrected chi connectivity index (χ4v) is 4.45. The molecule has 156 valence electrons. The zero-order chi connectivity index (χ0) is 21.7. The first-order valence-corrected chi connectivity index (χ1v) is 11.3. The summed E-state index contributed by atoms with van der Waals surface area (Å²) < 4.78 is 6.53. The van der Waals surface area contributed by atoms with E-state index in [-0.39, 0.29) is 22.2 Å². The van der Waals surface area contributed by atoms with E-state index in [0.29, 0.717) is 12.3 Å². The van der Waals surface area contributed by atoms with Gasteiger partial charge in [0.15, 0.2) is 0 Å². The third-order valence-corrected chi connectivity index (χ3v) is 6.25. The highest BCUT2D eigenvalue weighted by atomic mass is 79.9. The van der Waals surface area contributed by atoms with Crippen LogP contribution in [0.2, 0.25) is 5.02 Å². The average molecular weight is 510 g/mol. The molecule has 0 saturated heterocycles. The molecule has 3 rings (SSSR count). The first kappa shape index (κ1) is 22.4. The minimum atomic E-state index is -0.606. The minimum Gasteiger partial charge on any atom is -0.496 e. The van der Waals surface area contributed by atoms with Gasteiger partial charge in [-0.05, 0) is 41.1 Å². The lowest BCUT2D eigenvalue weighted by Gasteiger charge is -2.12. The molecule has 0 heterocycles. The largest absolute Gasteiger partial charge is 0.496 e. The number of thioether (sulfide) groups is 1. The van der Waals surface area contributed by atoms with Crippen LogP contribution in [0.3, 0.4) is 0 Å². The van der Waals surface area contributed by atoms with Crippen LogP contribution in [0.5, 0.6) is 5.75 Å². The van der Waals surface area contributed by atoms with E-state index in [1.54, 1.807) is 18.9 Å². The number of nitro groups is 1. The molecular formula is C21H18BrClN2O4S. The Morgan fingerprint density at radius 2 is 2.03 bits per heavy atom. The number of halogens is 2. The normalized spacial score (nSPS) is 10.8. The molecular weight excluding hydrogens is 492 g/mol. The van der Waals surface area contributed by atoms with Crippen molar-refractivity contribution in [2.24, 2.45) is 0 Å². The van der Waals surface area contributed by atoms with Gasteiger partial charge in [-0.3, -0.25) is 14.9 Å². The molecule has 3 aromatic carbocycles. The number of carbonyl (C=O) groups excluding carboxylic acids is 1. The number of rotatable bonds is 8. The monoisotopic (exact) mass is 508 g/mol. The summed E-state index contributed by atoms with van der Waals surface area (Å²) in [5, 5.41) is 16.0. The molecule has 0 bridgehead atoms. The van der Waals surface area contributed by atoms with Gasteiger partial charge in [-0.15, -0.1) is 0 Å². The smallest absolute Gasteiger partial charge is 0.288 e. The van der Waals surface area contributed by atoms with E-state index in [2.05, 4.69) is 33.4 Å². The molecule has 1 amide bonds. The molecule has 0 aliphatic rings. The Kier molecular flexibility index (Phi) is 7.58. The number of ether oxygens (including phenoxy) is 1. The van der Waals surface area contributed by atoms with Crippen molar-refractivity contribution in [3.8, 4) is 5.75 Å². The van der Waals surface area contributed by atoms with Crippen LogP contribution in [0.1, 0.15) is 15.9 Å². The molecule has 6 nitrogen and oxygen atoms in total. The predicted octanol–water partition coefficient (Wildman–Crippen LogP) is 5.84. The summed E-state index contributed by atoms with van der Waals surface area (Å²) in [6.07, 6.45) is 0. The van der Waals surface area contributed by atoms with Crippen LogP contribution < -0.4 is 10.1 Å². The second-order valence-electron chi connectivity index (χ2n) is 6.34. The van der Waals surface area contributed by atoms with Crippen LogP contribution in [0, 0.1) is 10.1 Å². The van der Waals surface area contributed by atoms with Gasteiger partial charge >= 0.3 is 0 Å². The molecule has 0 aliphatic heterocycles. The Morgan fingerprint density at radius 3 is 2.77 bits per heavy atom. The number of benzene rings is 3. The van der Waals surface area contributed by atoms with E-state index in [0.717, 1.165) is 32.3 Å². The number of hydrogen-bond donors (Lipinski definition) is 1. The van der Waals surface area contributed by atoms with Gasteiger partial charge in [-0.1, -0.05) is 39.7 Å². The summed E-state index contributed by atoms with van der Waals surface area (Å²) in [6.45, 7) is 0.429. The van der Waals surface area contributed by atoms with Crippen LogP contribution in [0.25, 0.3) is 10.8 Å². The first-order chi connectivity index (χ1) is 14.4. The number of carbonyl (C=O) groups is 1. The van der Waals surface area contributed by atoms with Gasteiger partial charge in [0.25, 0.3) is 11.6 Å². The van der Waals surface area contributed by atoms with Crippen molar-refractivity contribution in [2.75, 3.05) is 19.4 Å². The van der Waals surface area contributed by atoms with Crippen molar-refractivity contribution in [1.29, 1.82) is 0 Å². The second-order valence-corrected chi connectivity index (χ2v) is 8.77. The molecule has 9 heteroatoms. The molecule has 0 spiro atoms. The lowest BCUT2D eigenvalue weighted by atomic mass is 10.0. The fourth-order valence-electron chi connectivity index (χ4n) is 2.99. The van der Waals surface area contributed by atoms with E-state index < -0.39 is 4.92 Å². The summed E-state index contributed by atoms with van der Waals surface area (Å²) in [5.41, 5.74) is 1.03. The van der Waals surface area contributed by atoms with Crippen molar-refractivity contribution in [2.45, 2.75) is 5.75 Å². The van der Waals surface area contributed by atoms with E-state index in [9.17, 15) is 14.9 Å². The first-order valence-electron chi connectivity index (χ1n) is 8.95. The lowest BCUT2D eigenvalue weighted by molar-refractivity contribution is -0.384. The van der Waals surface area contributed by atoms with Gasteiger partial charge in [-0.2, -0.15) is 11.8 Å². The highest BCUT2D eigenvalue weighted by molar-refractivity contribution is 9.10. The summed E-state index contributed by atoms with van der Waals surface area (Å²) in [6, 6.07) is 14.1. The number of nitrogens with one attached hydrogen (secondary N) is 1. The van der Waals surface area contributed by atoms with Gasteiger partial charge in [0.05, 0.1) is 12.0 Å². The highest BCUT2D eigenvalue weighted by Gasteiger charge is 2.16. The van der Waals surface area contributed by atoms with Crippen LogP contribution in [-0.4, -0.2) is 30.2 Å². The number of methoxy groups -OCH3 is 1. The molecule has 0 radical (unpaired) electrons. The molecule has 3 aromatic rings. The molecule has 30 heavy (non-hydrogen) atoms. The Bertz CT molecular complexity index is 1110. The third-order valence-electron chi connectivity index (χ3n) is 4.45. The molecule has 1 N–H and O–H groups in total. The average Bonchev–Trinajstić information content (AvgIpc) is 2.73. The van der Waals surface area contributed by atoms with Crippen molar-refractivity contribution in [3.05, 3.63) is 79.3 Å². The standard InChI is InChI=1S/C21H18BrClN2O4S/c1-29-20-7-3-13-10-15(22)4-5-16(13)17(20)12-30-9-8-24-21(26)14-2-6-18(23)19(11-14)25(27)28/h2-7,10-11H,8-9,12H2,1H3,(H,24,26). The topological polar surface area (TPSA) is 81.5 Å². The number of nitro benzene ring substituents is 1. The predicted molar refractivity (Wildman–Crippen MR) is 125 cm³/mol. The Hall–Kier alpha value is -2.29. The number of fused-ring (bicyclic) bond motifs is 1. The maximum Gasteiger partial charge on any atom is 0.288 e. The number of hydrogen-bond acceptors (Lipinski definition) is 5. The third kappa shape index (κ3) is 5.24. The Balaban J connectivity index is 1.59. The number of nitrogens with zero attached hydrogens (tertiary/aromatic N) is 1.